The molecule has 6 heteroatoms. The molecule has 0 bridgehead atoms. The van der Waals surface area contributed by atoms with E-state index in [0.717, 1.165) is 11.4 Å². The first-order chi connectivity index (χ1) is 5.60. The Bertz CT molecular complexity index is 262. The van der Waals surface area contributed by atoms with Crippen LogP contribution in [0.1, 0.15) is 11.9 Å². The van der Waals surface area contributed by atoms with Crippen LogP contribution in [0.25, 0.3) is 0 Å². The molecule has 0 aliphatic heterocycles. The standard InChI is InChI=1S/C6H12N2O2S2/c1-3-5-8-4-6(11-5)12(7,9)10-2/h4,9H,3,7H2,1-2H3. The monoisotopic (exact) mass is 208 g/mol. The normalized spacial score (nSPS) is 18.7. The van der Waals surface area contributed by atoms with Crippen LogP contribution in [0.3, 0.4) is 0 Å². The summed E-state index contributed by atoms with van der Waals surface area (Å²) in [6.07, 6.45) is 2.42. The summed E-state index contributed by atoms with van der Waals surface area (Å²) < 4.78 is 14.9. The smallest absolute Gasteiger partial charge is 0.147 e. The molecule has 70 valence electrons. The molecule has 0 saturated heterocycles. The van der Waals surface area contributed by atoms with E-state index in [0.29, 0.717) is 4.21 Å². The molecule has 0 aromatic carbocycles. The number of nitrogens with zero attached hydrogens (tertiary/aromatic N) is 1. The van der Waals surface area contributed by atoms with Gasteiger partial charge in [0.2, 0.25) is 0 Å². The first-order valence-corrected chi connectivity index (χ1v) is 5.83. The highest BCUT2D eigenvalue weighted by molar-refractivity contribution is 8.24. The first kappa shape index (κ1) is 9.94. The topological polar surface area (TPSA) is 68.4 Å². The zero-order valence-corrected chi connectivity index (χ0v) is 8.61. The average Bonchev–Trinajstić information content (AvgIpc) is 2.52. The first-order valence-electron chi connectivity index (χ1n) is 3.44. The molecule has 0 fully saturated rings. The minimum absolute atomic E-state index is 0.613. The molecule has 1 rings (SSSR count). The molecule has 1 atom stereocenters. The fourth-order valence-corrected chi connectivity index (χ4v) is 2.60. The van der Waals surface area contributed by atoms with E-state index >= 15 is 0 Å². The lowest BCUT2D eigenvalue weighted by Gasteiger charge is -2.28. The van der Waals surface area contributed by atoms with Gasteiger partial charge < -0.3 is 0 Å². The highest BCUT2D eigenvalue weighted by atomic mass is 32.3. The summed E-state index contributed by atoms with van der Waals surface area (Å²) in [7, 11) is -1.14. The van der Waals surface area contributed by atoms with Crippen molar-refractivity contribution in [3.05, 3.63) is 11.2 Å². The average molecular weight is 208 g/mol. The quantitative estimate of drug-likeness (QED) is 0.794. The predicted molar refractivity (Wildman–Crippen MR) is 51.2 cm³/mol. The van der Waals surface area contributed by atoms with Crippen molar-refractivity contribution in [2.75, 3.05) is 7.11 Å². The van der Waals surface area contributed by atoms with E-state index in [1.165, 1.54) is 18.4 Å². The second-order valence-corrected chi connectivity index (χ2v) is 5.45. The lowest BCUT2D eigenvalue weighted by atomic mass is 10.5. The second-order valence-electron chi connectivity index (χ2n) is 2.16. The molecule has 1 heterocycles. The molecule has 1 aromatic heterocycles. The Balaban J connectivity index is 2.88. The van der Waals surface area contributed by atoms with Crippen molar-refractivity contribution < 1.29 is 8.74 Å². The second kappa shape index (κ2) is 3.71. The van der Waals surface area contributed by atoms with Crippen molar-refractivity contribution in [3.8, 4) is 0 Å². The van der Waals surface area contributed by atoms with Crippen molar-refractivity contribution >= 4 is 22.1 Å². The molecular weight excluding hydrogens is 196 g/mol. The molecule has 1 aromatic rings. The van der Waals surface area contributed by atoms with Gasteiger partial charge in [0.25, 0.3) is 0 Å². The number of rotatable bonds is 3. The van der Waals surface area contributed by atoms with Crippen molar-refractivity contribution in [2.45, 2.75) is 17.6 Å². The van der Waals surface area contributed by atoms with E-state index in [9.17, 15) is 4.55 Å². The summed E-state index contributed by atoms with van der Waals surface area (Å²) in [6, 6.07) is 0. The van der Waals surface area contributed by atoms with Gasteiger partial charge in [-0.3, -0.25) is 8.74 Å². The molecule has 0 saturated carbocycles. The van der Waals surface area contributed by atoms with E-state index < -0.39 is 10.8 Å². The van der Waals surface area contributed by atoms with Gasteiger partial charge in [-0.25, -0.2) is 10.1 Å². The van der Waals surface area contributed by atoms with Gasteiger partial charge in [-0.2, -0.15) is 0 Å². The summed E-state index contributed by atoms with van der Waals surface area (Å²) in [4.78, 5) is 4.07. The molecule has 0 aliphatic rings. The molecule has 1 unspecified atom stereocenters. The van der Waals surface area contributed by atoms with Crippen LogP contribution < -0.4 is 5.14 Å². The van der Waals surface area contributed by atoms with E-state index in [1.54, 1.807) is 6.20 Å². The minimum Gasteiger partial charge on any atom is -0.281 e. The fraction of sp³-hybridized carbons (Fsp3) is 0.500. The van der Waals surface area contributed by atoms with Gasteiger partial charge in [0.15, 0.2) is 0 Å². The largest absolute Gasteiger partial charge is 0.281 e. The van der Waals surface area contributed by atoms with Gasteiger partial charge in [0.05, 0.1) is 18.3 Å². The van der Waals surface area contributed by atoms with E-state index in [2.05, 4.69) is 4.98 Å². The highest BCUT2D eigenvalue weighted by Crippen LogP contribution is 2.47. The van der Waals surface area contributed by atoms with E-state index in [-0.39, 0.29) is 0 Å². The number of aromatic nitrogens is 1. The third-order valence-corrected chi connectivity index (χ3v) is 4.47. The highest BCUT2D eigenvalue weighted by Gasteiger charge is 2.15. The molecule has 3 N–H and O–H groups in total. The molecule has 12 heavy (non-hydrogen) atoms. The van der Waals surface area contributed by atoms with Crippen molar-refractivity contribution in [1.29, 1.82) is 0 Å². The van der Waals surface area contributed by atoms with Gasteiger partial charge in [-0.1, -0.05) is 17.7 Å². The summed E-state index contributed by atoms with van der Waals surface area (Å²) in [6.45, 7) is 2.00. The Morgan fingerprint density at radius 3 is 2.92 bits per heavy atom. The summed E-state index contributed by atoms with van der Waals surface area (Å²) >= 11 is 1.39. The number of thiazole rings is 1. The van der Waals surface area contributed by atoms with Gasteiger partial charge in [0, 0.05) is 0 Å². The lowest BCUT2D eigenvalue weighted by Crippen LogP contribution is -2.09. The maximum atomic E-state index is 9.51. The maximum absolute atomic E-state index is 9.51. The Labute approximate surface area is 77.2 Å². The van der Waals surface area contributed by atoms with E-state index in [4.69, 9.17) is 9.32 Å². The predicted octanol–water partition coefficient (Wildman–Crippen LogP) is 1.78. The van der Waals surface area contributed by atoms with Crippen molar-refractivity contribution in [1.82, 2.24) is 4.98 Å². The molecule has 0 aliphatic carbocycles. The number of aryl methyl sites for hydroxylation is 1. The third-order valence-electron chi connectivity index (χ3n) is 1.38. The van der Waals surface area contributed by atoms with Crippen LogP contribution >= 0.6 is 22.1 Å². The van der Waals surface area contributed by atoms with Gasteiger partial charge in [-0.05, 0) is 6.42 Å². The third kappa shape index (κ3) is 1.96. The summed E-state index contributed by atoms with van der Waals surface area (Å²) in [5.41, 5.74) is 0. The van der Waals surface area contributed by atoms with Gasteiger partial charge in [-0.15, -0.1) is 11.3 Å². The summed E-state index contributed by atoms with van der Waals surface area (Å²) in [5.74, 6) is 0. The number of hydrogen-bond donors (Lipinski definition) is 2. The van der Waals surface area contributed by atoms with Crippen LogP contribution in [-0.4, -0.2) is 16.6 Å². The van der Waals surface area contributed by atoms with Crippen LogP contribution in [0.4, 0.5) is 0 Å². The molecule has 4 nitrogen and oxygen atoms in total. The SMILES string of the molecule is CCc1ncc(S(N)(O)OC)s1. The van der Waals surface area contributed by atoms with Crippen LogP contribution in [0.2, 0.25) is 0 Å². The van der Waals surface area contributed by atoms with Crippen LogP contribution in [0.5, 0.6) is 0 Å². The molecular formula is C6H12N2O2S2. The van der Waals surface area contributed by atoms with Crippen molar-refractivity contribution in [2.24, 2.45) is 5.14 Å². The fourth-order valence-electron chi connectivity index (χ4n) is 0.674. The van der Waals surface area contributed by atoms with Gasteiger partial charge in [0.1, 0.15) is 4.21 Å². The van der Waals surface area contributed by atoms with Crippen LogP contribution in [-0.2, 0) is 10.6 Å². The Morgan fingerprint density at radius 1 is 1.83 bits per heavy atom. The number of hydrogen-bond acceptors (Lipinski definition) is 5. The Morgan fingerprint density at radius 2 is 2.50 bits per heavy atom. The van der Waals surface area contributed by atoms with Crippen molar-refractivity contribution in [3.63, 3.8) is 0 Å². The number of nitrogens with two attached hydrogens (primary N) is 1. The Kier molecular flexibility index (Phi) is 3.08. The minimum atomic E-state index is -2.53. The maximum Gasteiger partial charge on any atom is 0.147 e. The zero-order chi connectivity index (χ0) is 9.19. The molecule has 0 amide bonds. The molecule has 0 radical (unpaired) electrons. The van der Waals surface area contributed by atoms with Gasteiger partial charge >= 0.3 is 0 Å². The lowest BCUT2D eigenvalue weighted by molar-refractivity contribution is 0.398. The molecule has 0 spiro atoms. The van der Waals surface area contributed by atoms with E-state index in [1.807, 2.05) is 6.92 Å². The van der Waals surface area contributed by atoms with Crippen LogP contribution in [0.15, 0.2) is 10.4 Å². The Hall–Kier alpha value is -0.140. The summed E-state index contributed by atoms with van der Waals surface area (Å²) in [5, 5.41) is 6.45. The zero-order valence-electron chi connectivity index (χ0n) is 6.98. The van der Waals surface area contributed by atoms with Crippen LogP contribution in [0, 0.1) is 0 Å².